The van der Waals surface area contributed by atoms with E-state index in [2.05, 4.69) is 11.4 Å². The van der Waals surface area contributed by atoms with Crippen molar-refractivity contribution in [2.45, 2.75) is 12.0 Å². The number of para-hydroxylation sites is 1. The van der Waals surface area contributed by atoms with Gasteiger partial charge in [-0.15, -0.1) is 0 Å². The van der Waals surface area contributed by atoms with E-state index in [1.807, 2.05) is 37.4 Å². The summed E-state index contributed by atoms with van der Waals surface area (Å²) in [7, 11) is 1.86. The first-order valence-corrected chi connectivity index (χ1v) is 6.44. The average Bonchev–Trinajstić information content (AvgIpc) is 2.86. The molecule has 2 aromatic carbocycles. The van der Waals surface area contributed by atoms with Crippen LogP contribution in [0.15, 0.2) is 48.5 Å². The first kappa shape index (κ1) is 12.2. The molecule has 1 aliphatic rings. The van der Waals surface area contributed by atoms with Crippen LogP contribution in [0.5, 0.6) is 5.75 Å². The molecule has 19 heavy (non-hydrogen) atoms. The third-order valence-corrected chi connectivity index (χ3v) is 3.69. The maximum atomic E-state index is 14.0. The first-order chi connectivity index (χ1) is 9.31. The van der Waals surface area contributed by atoms with Gasteiger partial charge >= 0.3 is 0 Å². The maximum absolute atomic E-state index is 14.0. The molecule has 3 rings (SSSR count). The van der Waals surface area contributed by atoms with Crippen LogP contribution in [0.1, 0.15) is 23.1 Å². The van der Waals surface area contributed by atoms with E-state index >= 15 is 0 Å². The standard InChI is InChI=1S/C16H16FNO/c1-18-16(12-7-2-4-8-14(12)17)13-10-19-15-9-5-3-6-11(13)15/h2-9,13,16,18H,10H2,1H3. The molecular formula is C16H16FNO. The zero-order chi connectivity index (χ0) is 13.2. The van der Waals surface area contributed by atoms with Crippen LogP contribution in [0, 0.1) is 5.82 Å². The second kappa shape index (κ2) is 5.02. The Morgan fingerprint density at radius 1 is 1.16 bits per heavy atom. The minimum Gasteiger partial charge on any atom is -0.493 e. The molecule has 0 spiro atoms. The molecular weight excluding hydrogens is 241 g/mol. The van der Waals surface area contributed by atoms with Gasteiger partial charge in [-0.1, -0.05) is 36.4 Å². The van der Waals surface area contributed by atoms with E-state index < -0.39 is 0 Å². The number of rotatable bonds is 3. The van der Waals surface area contributed by atoms with Crippen molar-refractivity contribution in [3.05, 3.63) is 65.5 Å². The lowest BCUT2D eigenvalue weighted by atomic mass is 9.88. The summed E-state index contributed by atoms with van der Waals surface area (Å²) in [6.45, 7) is 0.583. The minimum atomic E-state index is -0.175. The molecule has 2 aromatic rings. The lowest BCUT2D eigenvalue weighted by Crippen LogP contribution is -2.25. The number of fused-ring (bicyclic) bond motifs is 1. The molecule has 2 unspecified atom stereocenters. The fourth-order valence-corrected chi connectivity index (χ4v) is 2.76. The Kier molecular flexibility index (Phi) is 3.22. The van der Waals surface area contributed by atoms with Gasteiger partial charge in [-0.05, 0) is 19.2 Å². The first-order valence-electron chi connectivity index (χ1n) is 6.44. The van der Waals surface area contributed by atoms with Crippen molar-refractivity contribution in [3.8, 4) is 5.75 Å². The average molecular weight is 257 g/mol. The van der Waals surface area contributed by atoms with Gasteiger partial charge < -0.3 is 10.1 Å². The Balaban J connectivity index is 1.99. The summed E-state index contributed by atoms with van der Waals surface area (Å²) in [6.07, 6.45) is 0. The summed E-state index contributed by atoms with van der Waals surface area (Å²) in [5, 5.41) is 3.22. The molecule has 98 valence electrons. The predicted octanol–water partition coefficient (Wildman–Crippen LogP) is 3.26. The highest BCUT2D eigenvalue weighted by Crippen LogP contribution is 2.41. The Bertz CT molecular complexity index is 584. The van der Waals surface area contributed by atoms with Crippen molar-refractivity contribution in [2.24, 2.45) is 0 Å². The summed E-state index contributed by atoms with van der Waals surface area (Å²) in [5.74, 6) is 0.869. The lowest BCUT2D eigenvalue weighted by Gasteiger charge is -2.23. The molecule has 2 atom stereocenters. The Morgan fingerprint density at radius 3 is 2.68 bits per heavy atom. The fraction of sp³-hybridized carbons (Fsp3) is 0.250. The van der Waals surface area contributed by atoms with E-state index in [0.29, 0.717) is 12.2 Å². The molecule has 0 radical (unpaired) electrons. The maximum Gasteiger partial charge on any atom is 0.128 e. The minimum absolute atomic E-state index is 0.0788. The summed E-state index contributed by atoms with van der Waals surface area (Å²) in [4.78, 5) is 0. The van der Waals surface area contributed by atoms with Crippen LogP contribution in [-0.2, 0) is 0 Å². The number of nitrogens with one attached hydrogen (secondary N) is 1. The molecule has 0 saturated heterocycles. The van der Waals surface area contributed by atoms with E-state index in [-0.39, 0.29) is 17.8 Å². The Morgan fingerprint density at radius 2 is 1.89 bits per heavy atom. The number of hydrogen-bond acceptors (Lipinski definition) is 2. The SMILES string of the molecule is CNC(c1ccccc1F)C1COc2ccccc21. The smallest absolute Gasteiger partial charge is 0.128 e. The topological polar surface area (TPSA) is 21.3 Å². The summed E-state index contributed by atoms with van der Waals surface area (Å²) >= 11 is 0. The van der Waals surface area contributed by atoms with Gasteiger partial charge in [0.15, 0.2) is 0 Å². The van der Waals surface area contributed by atoms with Crippen LogP contribution in [0.25, 0.3) is 0 Å². The van der Waals surface area contributed by atoms with Crippen molar-refractivity contribution in [1.82, 2.24) is 5.32 Å². The molecule has 0 fully saturated rings. The van der Waals surface area contributed by atoms with Crippen molar-refractivity contribution >= 4 is 0 Å². The van der Waals surface area contributed by atoms with Gasteiger partial charge in [0.25, 0.3) is 0 Å². The summed E-state index contributed by atoms with van der Waals surface area (Å²) < 4.78 is 19.7. The number of likely N-dealkylation sites (N-methyl/N-ethyl adjacent to an activating group) is 1. The fourth-order valence-electron chi connectivity index (χ4n) is 2.76. The van der Waals surface area contributed by atoms with Crippen LogP contribution >= 0.6 is 0 Å². The molecule has 0 aliphatic carbocycles. The predicted molar refractivity (Wildman–Crippen MR) is 72.9 cm³/mol. The normalized spacial score (nSPS) is 18.7. The number of benzene rings is 2. The van der Waals surface area contributed by atoms with Crippen LogP contribution < -0.4 is 10.1 Å². The molecule has 1 N–H and O–H groups in total. The van der Waals surface area contributed by atoms with Gasteiger partial charge in [-0.25, -0.2) is 4.39 Å². The largest absolute Gasteiger partial charge is 0.493 e. The molecule has 3 heteroatoms. The Labute approximate surface area is 112 Å². The van der Waals surface area contributed by atoms with Crippen LogP contribution in [-0.4, -0.2) is 13.7 Å². The van der Waals surface area contributed by atoms with Gasteiger partial charge in [0.2, 0.25) is 0 Å². The molecule has 1 aliphatic heterocycles. The molecule has 0 saturated carbocycles. The summed E-state index contributed by atoms with van der Waals surface area (Å²) in [6, 6.07) is 14.8. The number of hydrogen-bond donors (Lipinski definition) is 1. The lowest BCUT2D eigenvalue weighted by molar-refractivity contribution is 0.302. The van der Waals surface area contributed by atoms with E-state index in [1.165, 1.54) is 6.07 Å². The van der Waals surface area contributed by atoms with Gasteiger partial charge in [0, 0.05) is 23.1 Å². The molecule has 0 amide bonds. The van der Waals surface area contributed by atoms with Gasteiger partial charge in [-0.2, -0.15) is 0 Å². The Hall–Kier alpha value is -1.87. The third-order valence-electron chi connectivity index (χ3n) is 3.69. The highest BCUT2D eigenvalue weighted by Gasteiger charge is 2.32. The van der Waals surface area contributed by atoms with Crippen LogP contribution in [0.4, 0.5) is 4.39 Å². The molecule has 2 nitrogen and oxygen atoms in total. The third kappa shape index (κ3) is 2.10. The highest BCUT2D eigenvalue weighted by atomic mass is 19.1. The molecule has 1 heterocycles. The number of ether oxygens (including phenoxy) is 1. The quantitative estimate of drug-likeness (QED) is 0.911. The van der Waals surface area contributed by atoms with E-state index in [4.69, 9.17) is 4.74 Å². The second-order valence-corrected chi connectivity index (χ2v) is 4.74. The van der Waals surface area contributed by atoms with Crippen LogP contribution in [0.2, 0.25) is 0 Å². The molecule has 0 bridgehead atoms. The van der Waals surface area contributed by atoms with E-state index in [0.717, 1.165) is 11.3 Å². The summed E-state index contributed by atoms with van der Waals surface area (Å²) in [5.41, 5.74) is 1.83. The van der Waals surface area contributed by atoms with Crippen molar-refractivity contribution in [3.63, 3.8) is 0 Å². The van der Waals surface area contributed by atoms with Crippen molar-refractivity contribution in [1.29, 1.82) is 0 Å². The second-order valence-electron chi connectivity index (χ2n) is 4.74. The monoisotopic (exact) mass is 257 g/mol. The number of halogens is 1. The zero-order valence-corrected chi connectivity index (χ0v) is 10.8. The van der Waals surface area contributed by atoms with Gasteiger partial charge in [-0.3, -0.25) is 0 Å². The van der Waals surface area contributed by atoms with E-state index in [9.17, 15) is 4.39 Å². The highest BCUT2D eigenvalue weighted by molar-refractivity contribution is 5.42. The van der Waals surface area contributed by atoms with Gasteiger partial charge in [0.1, 0.15) is 11.6 Å². The van der Waals surface area contributed by atoms with Crippen LogP contribution in [0.3, 0.4) is 0 Å². The molecule has 0 aromatic heterocycles. The van der Waals surface area contributed by atoms with Gasteiger partial charge in [0.05, 0.1) is 6.61 Å². The van der Waals surface area contributed by atoms with Crippen molar-refractivity contribution < 1.29 is 9.13 Å². The zero-order valence-electron chi connectivity index (χ0n) is 10.8. The van der Waals surface area contributed by atoms with E-state index in [1.54, 1.807) is 6.07 Å². The van der Waals surface area contributed by atoms with Crippen molar-refractivity contribution in [2.75, 3.05) is 13.7 Å².